The molecule has 0 amide bonds. The zero-order valence-corrected chi connectivity index (χ0v) is 9.95. The van der Waals surface area contributed by atoms with E-state index < -0.39 is 0 Å². The monoisotopic (exact) mass is 207 g/mol. The predicted octanol–water partition coefficient (Wildman–Crippen LogP) is 2.45. The molecular weight excluding hydrogens is 186 g/mol. The molecule has 0 aromatic carbocycles. The summed E-state index contributed by atoms with van der Waals surface area (Å²) in [5.41, 5.74) is 2.74. The molecule has 3 heteroatoms. The summed E-state index contributed by atoms with van der Waals surface area (Å²) in [5, 5.41) is 3.60. The fraction of sp³-hybridized carbons (Fsp3) is 0.750. The number of hydrogen-bond donors (Lipinski definition) is 1. The number of fused-ring (bicyclic) bond motifs is 1. The number of rotatable bonds is 3. The molecule has 2 rings (SSSR count). The summed E-state index contributed by atoms with van der Waals surface area (Å²) < 4.78 is 2.32. The highest BCUT2D eigenvalue weighted by Gasteiger charge is 2.24. The lowest BCUT2D eigenvalue weighted by Gasteiger charge is -2.26. The average Bonchev–Trinajstić information content (AvgIpc) is 2.62. The third kappa shape index (κ3) is 1.93. The Balaban J connectivity index is 2.34. The number of nitrogens with one attached hydrogen (secondary N) is 1. The van der Waals surface area contributed by atoms with Gasteiger partial charge in [0.25, 0.3) is 0 Å². The third-order valence-corrected chi connectivity index (χ3v) is 3.13. The van der Waals surface area contributed by atoms with E-state index in [0.717, 1.165) is 13.0 Å². The number of hydrogen-bond acceptors (Lipinski definition) is 2. The van der Waals surface area contributed by atoms with Crippen molar-refractivity contribution in [2.75, 3.05) is 6.54 Å². The first kappa shape index (κ1) is 10.7. The van der Waals surface area contributed by atoms with Crippen molar-refractivity contribution in [3.05, 3.63) is 17.7 Å². The molecule has 1 atom stereocenters. The van der Waals surface area contributed by atoms with Crippen LogP contribution in [0, 0.1) is 0 Å². The molecule has 0 saturated heterocycles. The number of nitrogens with zero attached hydrogens (tertiary/aromatic N) is 2. The van der Waals surface area contributed by atoms with Crippen LogP contribution < -0.4 is 5.32 Å². The van der Waals surface area contributed by atoms with Crippen LogP contribution in [0.25, 0.3) is 0 Å². The first-order valence-corrected chi connectivity index (χ1v) is 6.03. The maximum Gasteiger partial charge on any atom is 0.0954 e. The summed E-state index contributed by atoms with van der Waals surface area (Å²) in [7, 11) is 0. The second kappa shape index (κ2) is 4.35. The van der Waals surface area contributed by atoms with Crippen LogP contribution in [-0.4, -0.2) is 16.1 Å². The van der Waals surface area contributed by atoms with Gasteiger partial charge in [-0.3, -0.25) is 0 Å². The van der Waals surface area contributed by atoms with E-state index in [9.17, 15) is 0 Å². The van der Waals surface area contributed by atoms with E-state index in [2.05, 4.69) is 35.6 Å². The van der Waals surface area contributed by atoms with Gasteiger partial charge in [0.05, 0.1) is 17.7 Å². The summed E-state index contributed by atoms with van der Waals surface area (Å²) >= 11 is 0. The van der Waals surface area contributed by atoms with E-state index >= 15 is 0 Å². The van der Waals surface area contributed by atoms with E-state index in [1.165, 1.54) is 24.2 Å². The lowest BCUT2D eigenvalue weighted by molar-refractivity contribution is 0.426. The minimum atomic E-state index is 0.514. The molecule has 0 spiro atoms. The molecule has 1 aromatic rings. The topological polar surface area (TPSA) is 29.9 Å². The van der Waals surface area contributed by atoms with Gasteiger partial charge >= 0.3 is 0 Å². The highest BCUT2D eigenvalue weighted by molar-refractivity contribution is 5.21. The Morgan fingerprint density at radius 2 is 2.40 bits per heavy atom. The molecule has 1 aliphatic rings. The summed E-state index contributed by atoms with van der Waals surface area (Å²) in [4.78, 5) is 4.53. The summed E-state index contributed by atoms with van der Waals surface area (Å²) in [6.07, 6.45) is 5.52. The SMILES string of the molecule is CCCC1NCCc2ncn(C(C)C)c21. The van der Waals surface area contributed by atoms with Gasteiger partial charge in [-0.25, -0.2) is 4.98 Å². The van der Waals surface area contributed by atoms with Crippen LogP contribution in [0.5, 0.6) is 0 Å². The van der Waals surface area contributed by atoms with Crippen LogP contribution in [0.2, 0.25) is 0 Å². The molecule has 15 heavy (non-hydrogen) atoms. The highest BCUT2D eigenvalue weighted by Crippen LogP contribution is 2.27. The van der Waals surface area contributed by atoms with Gasteiger partial charge in [0, 0.05) is 25.0 Å². The van der Waals surface area contributed by atoms with Crippen molar-refractivity contribution >= 4 is 0 Å². The number of imidazole rings is 1. The molecule has 1 unspecified atom stereocenters. The van der Waals surface area contributed by atoms with Crippen LogP contribution >= 0.6 is 0 Å². The van der Waals surface area contributed by atoms with Crippen LogP contribution in [0.3, 0.4) is 0 Å². The second-order valence-corrected chi connectivity index (χ2v) is 4.62. The van der Waals surface area contributed by atoms with Crippen LogP contribution in [0.4, 0.5) is 0 Å². The smallest absolute Gasteiger partial charge is 0.0954 e. The van der Waals surface area contributed by atoms with E-state index in [4.69, 9.17) is 0 Å². The molecule has 84 valence electrons. The van der Waals surface area contributed by atoms with E-state index in [-0.39, 0.29) is 0 Å². The van der Waals surface area contributed by atoms with Gasteiger partial charge in [-0.2, -0.15) is 0 Å². The molecule has 1 aliphatic heterocycles. The summed E-state index contributed by atoms with van der Waals surface area (Å²) in [6.45, 7) is 7.76. The average molecular weight is 207 g/mol. The van der Waals surface area contributed by atoms with Crippen molar-refractivity contribution in [1.82, 2.24) is 14.9 Å². The van der Waals surface area contributed by atoms with Crippen molar-refractivity contribution in [2.45, 2.75) is 52.1 Å². The Labute approximate surface area is 91.9 Å². The fourth-order valence-corrected chi connectivity index (χ4v) is 2.38. The second-order valence-electron chi connectivity index (χ2n) is 4.62. The Bertz CT molecular complexity index is 328. The lowest BCUT2D eigenvalue weighted by Crippen LogP contribution is -2.31. The summed E-state index contributed by atoms with van der Waals surface area (Å²) in [6, 6.07) is 1.03. The van der Waals surface area contributed by atoms with Gasteiger partial charge in [0.15, 0.2) is 0 Å². The van der Waals surface area contributed by atoms with E-state index in [1.54, 1.807) is 0 Å². The van der Waals surface area contributed by atoms with Gasteiger partial charge in [-0.1, -0.05) is 13.3 Å². The maximum absolute atomic E-state index is 4.53. The molecule has 2 heterocycles. The number of aromatic nitrogens is 2. The van der Waals surface area contributed by atoms with E-state index in [0.29, 0.717) is 12.1 Å². The van der Waals surface area contributed by atoms with Crippen LogP contribution in [0.1, 0.15) is 57.1 Å². The first-order chi connectivity index (χ1) is 7.24. The zero-order chi connectivity index (χ0) is 10.8. The molecule has 1 aromatic heterocycles. The zero-order valence-electron chi connectivity index (χ0n) is 9.95. The van der Waals surface area contributed by atoms with Crippen LogP contribution in [0.15, 0.2) is 6.33 Å². The van der Waals surface area contributed by atoms with Gasteiger partial charge in [-0.15, -0.1) is 0 Å². The molecule has 0 aliphatic carbocycles. The van der Waals surface area contributed by atoms with Gasteiger partial charge < -0.3 is 9.88 Å². The fourth-order valence-electron chi connectivity index (χ4n) is 2.38. The Kier molecular flexibility index (Phi) is 3.10. The third-order valence-electron chi connectivity index (χ3n) is 3.13. The standard InChI is InChI=1S/C12H21N3/c1-4-5-10-12-11(6-7-13-10)14-8-15(12)9(2)3/h8-10,13H,4-7H2,1-3H3. The highest BCUT2D eigenvalue weighted by atomic mass is 15.1. The minimum absolute atomic E-state index is 0.514. The normalized spacial score (nSPS) is 20.7. The Hall–Kier alpha value is -0.830. The minimum Gasteiger partial charge on any atom is -0.330 e. The van der Waals surface area contributed by atoms with Crippen LogP contribution in [-0.2, 0) is 6.42 Å². The van der Waals surface area contributed by atoms with Gasteiger partial charge in [-0.05, 0) is 20.3 Å². The maximum atomic E-state index is 4.53. The quantitative estimate of drug-likeness (QED) is 0.825. The van der Waals surface area contributed by atoms with Crippen molar-refractivity contribution in [3.8, 4) is 0 Å². The Morgan fingerprint density at radius 1 is 1.60 bits per heavy atom. The van der Waals surface area contributed by atoms with Crippen molar-refractivity contribution in [1.29, 1.82) is 0 Å². The lowest BCUT2D eigenvalue weighted by atomic mass is 10.0. The molecule has 0 bridgehead atoms. The van der Waals surface area contributed by atoms with Crippen molar-refractivity contribution in [3.63, 3.8) is 0 Å². The predicted molar refractivity (Wildman–Crippen MR) is 62.0 cm³/mol. The Morgan fingerprint density at radius 3 is 3.07 bits per heavy atom. The summed E-state index contributed by atoms with van der Waals surface area (Å²) in [5.74, 6) is 0. The van der Waals surface area contributed by atoms with Gasteiger partial charge in [0.2, 0.25) is 0 Å². The molecule has 3 nitrogen and oxygen atoms in total. The first-order valence-electron chi connectivity index (χ1n) is 6.03. The van der Waals surface area contributed by atoms with Crippen molar-refractivity contribution in [2.24, 2.45) is 0 Å². The largest absolute Gasteiger partial charge is 0.330 e. The molecule has 0 fully saturated rings. The molecule has 0 saturated carbocycles. The molecular formula is C12H21N3. The van der Waals surface area contributed by atoms with Crippen molar-refractivity contribution < 1.29 is 0 Å². The molecule has 0 radical (unpaired) electrons. The molecule has 1 N–H and O–H groups in total. The van der Waals surface area contributed by atoms with E-state index in [1.807, 2.05) is 6.33 Å². The van der Waals surface area contributed by atoms with Gasteiger partial charge in [0.1, 0.15) is 0 Å².